The van der Waals surface area contributed by atoms with E-state index < -0.39 is 0 Å². The van der Waals surface area contributed by atoms with Crippen LogP contribution in [0.2, 0.25) is 5.02 Å². The maximum atomic E-state index is 13.1. The van der Waals surface area contributed by atoms with E-state index in [1.165, 1.54) is 22.2 Å². The second-order valence-electron chi connectivity index (χ2n) is 4.71. The van der Waals surface area contributed by atoms with Gasteiger partial charge in [0.1, 0.15) is 5.82 Å². The molecule has 1 aromatic heterocycles. The Bertz CT molecular complexity index is 753. The van der Waals surface area contributed by atoms with E-state index >= 15 is 0 Å². The van der Waals surface area contributed by atoms with Gasteiger partial charge in [0.05, 0.1) is 0 Å². The number of thiophene rings is 1. The molecule has 4 heteroatoms. The molecule has 3 aromatic rings. The summed E-state index contributed by atoms with van der Waals surface area (Å²) in [5.41, 5.74) is 1.92. The standard InChI is InChI=1S/C16H13ClFNS/c1-10(14-4-2-12(18)9-15(14)17)19-13-3-5-16-11(8-13)6-7-20-16/h2-10,19H,1H3. The molecule has 0 saturated carbocycles. The van der Waals surface area contributed by atoms with E-state index in [2.05, 4.69) is 28.9 Å². The number of fused-ring (bicyclic) bond motifs is 1. The van der Waals surface area contributed by atoms with Crippen molar-refractivity contribution >= 4 is 38.7 Å². The fourth-order valence-corrected chi connectivity index (χ4v) is 3.34. The summed E-state index contributed by atoms with van der Waals surface area (Å²) in [6.07, 6.45) is 0. The van der Waals surface area contributed by atoms with Crippen molar-refractivity contribution in [2.45, 2.75) is 13.0 Å². The van der Waals surface area contributed by atoms with Crippen molar-refractivity contribution in [3.8, 4) is 0 Å². The molecule has 3 rings (SSSR count). The Hall–Kier alpha value is -1.58. The van der Waals surface area contributed by atoms with Gasteiger partial charge >= 0.3 is 0 Å². The van der Waals surface area contributed by atoms with Crippen LogP contribution < -0.4 is 5.32 Å². The van der Waals surface area contributed by atoms with Gasteiger partial charge in [-0.15, -0.1) is 11.3 Å². The summed E-state index contributed by atoms with van der Waals surface area (Å²) in [7, 11) is 0. The van der Waals surface area contributed by atoms with Crippen molar-refractivity contribution in [1.82, 2.24) is 0 Å². The van der Waals surface area contributed by atoms with E-state index in [-0.39, 0.29) is 11.9 Å². The van der Waals surface area contributed by atoms with Crippen LogP contribution in [-0.4, -0.2) is 0 Å². The topological polar surface area (TPSA) is 12.0 Å². The van der Waals surface area contributed by atoms with Crippen molar-refractivity contribution in [3.05, 3.63) is 64.2 Å². The Balaban J connectivity index is 1.85. The van der Waals surface area contributed by atoms with Crippen LogP contribution in [0.4, 0.5) is 10.1 Å². The maximum Gasteiger partial charge on any atom is 0.124 e. The minimum Gasteiger partial charge on any atom is -0.378 e. The summed E-state index contributed by atoms with van der Waals surface area (Å²) in [4.78, 5) is 0. The minimum atomic E-state index is -0.314. The molecule has 0 aliphatic heterocycles. The predicted octanol–water partition coefficient (Wildman–Crippen LogP) is 5.87. The molecule has 2 aromatic carbocycles. The molecule has 0 spiro atoms. The van der Waals surface area contributed by atoms with E-state index in [4.69, 9.17) is 11.6 Å². The minimum absolute atomic E-state index is 0.0131. The smallest absolute Gasteiger partial charge is 0.124 e. The first-order valence-corrected chi connectivity index (χ1v) is 7.58. The van der Waals surface area contributed by atoms with Gasteiger partial charge in [0.15, 0.2) is 0 Å². The van der Waals surface area contributed by atoms with Crippen LogP contribution in [0.3, 0.4) is 0 Å². The predicted molar refractivity (Wildman–Crippen MR) is 85.3 cm³/mol. The lowest BCUT2D eigenvalue weighted by atomic mass is 10.1. The number of anilines is 1. The maximum absolute atomic E-state index is 13.1. The molecule has 0 aliphatic carbocycles. The van der Waals surface area contributed by atoms with E-state index in [0.717, 1.165) is 11.3 Å². The zero-order valence-electron chi connectivity index (χ0n) is 10.9. The first kappa shape index (κ1) is 13.4. The lowest BCUT2D eigenvalue weighted by molar-refractivity contribution is 0.626. The summed E-state index contributed by atoms with van der Waals surface area (Å²) in [6, 6.07) is 12.9. The van der Waals surface area contributed by atoms with Crippen LogP contribution in [0.15, 0.2) is 47.8 Å². The van der Waals surface area contributed by atoms with Crippen molar-refractivity contribution in [2.75, 3.05) is 5.32 Å². The third-order valence-electron chi connectivity index (χ3n) is 3.26. The van der Waals surface area contributed by atoms with Crippen molar-refractivity contribution in [2.24, 2.45) is 0 Å². The SMILES string of the molecule is CC(Nc1ccc2sccc2c1)c1ccc(F)cc1Cl. The van der Waals surface area contributed by atoms with Crippen LogP contribution in [0.25, 0.3) is 10.1 Å². The molecule has 0 radical (unpaired) electrons. The Morgan fingerprint density at radius 2 is 2.00 bits per heavy atom. The van der Waals surface area contributed by atoms with Crippen LogP contribution in [0.5, 0.6) is 0 Å². The second-order valence-corrected chi connectivity index (χ2v) is 6.06. The highest BCUT2D eigenvalue weighted by Crippen LogP contribution is 2.29. The molecule has 1 heterocycles. The Kier molecular flexibility index (Phi) is 3.64. The molecule has 0 fully saturated rings. The highest BCUT2D eigenvalue weighted by atomic mass is 35.5. The van der Waals surface area contributed by atoms with E-state index in [0.29, 0.717) is 5.02 Å². The van der Waals surface area contributed by atoms with Gasteiger partial charge in [-0.05, 0) is 59.7 Å². The molecule has 0 aliphatic rings. The Labute approximate surface area is 126 Å². The third kappa shape index (κ3) is 2.65. The van der Waals surface area contributed by atoms with Crippen molar-refractivity contribution < 1.29 is 4.39 Å². The van der Waals surface area contributed by atoms with E-state index in [9.17, 15) is 4.39 Å². The van der Waals surface area contributed by atoms with Gasteiger partial charge in [0, 0.05) is 21.5 Å². The Morgan fingerprint density at radius 1 is 1.15 bits per heavy atom. The third-order valence-corrected chi connectivity index (χ3v) is 4.49. The van der Waals surface area contributed by atoms with Gasteiger partial charge < -0.3 is 5.32 Å². The zero-order chi connectivity index (χ0) is 14.1. The number of benzene rings is 2. The highest BCUT2D eigenvalue weighted by molar-refractivity contribution is 7.17. The summed E-state index contributed by atoms with van der Waals surface area (Å²) < 4.78 is 14.3. The molecule has 1 unspecified atom stereocenters. The van der Waals surface area contributed by atoms with Crippen LogP contribution in [-0.2, 0) is 0 Å². The van der Waals surface area contributed by atoms with Gasteiger partial charge in [0.25, 0.3) is 0 Å². The molecule has 0 saturated heterocycles. The monoisotopic (exact) mass is 305 g/mol. The lowest BCUT2D eigenvalue weighted by Gasteiger charge is -2.17. The van der Waals surface area contributed by atoms with Crippen LogP contribution in [0.1, 0.15) is 18.5 Å². The molecule has 1 atom stereocenters. The fourth-order valence-electron chi connectivity index (χ4n) is 2.24. The van der Waals surface area contributed by atoms with Gasteiger partial charge in [-0.25, -0.2) is 4.39 Å². The van der Waals surface area contributed by atoms with Gasteiger partial charge in [-0.1, -0.05) is 17.7 Å². The first-order valence-electron chi connectivity index (χ1n) is 6.32. The normalized spacial score (nSPS) is 12.6. The van der Waals surface area contributed by atoms with Crippen LogP contribution in [0, 0.1) is 5.82 Å². The summed E-state index contributed by atoms with van der Waals surface area (Å²) in [5, 5.41) is 7.14. The molecule has 0 bridgehead atoms. The Morgan fingerprint density at radius 3 is 2.80 bits per heavy atom. The summed E-state index contributed by atoms with van der Waals surface area (Å²) in [6.45, 7) is 2.01. The van der Waals surface area contributed by atoms with E-state index in [1.807, 2.05) is 13.0 Å². The van der Waals surface area contributed by atoms with E-state index in [1.54, 1.807) is 17.4 Å². The van der Waals surface area contributed by atoms with Gasteiger partial charge in [-0.3, -0.25) is 0 Å². The molecule has 102 valence electrons. The summed E-state index contributed by atoms with van der Waals surface area (Å²) >= 11 is 7.81. The number of hydrogen-bond acceptors (Lipinski definition) is 2. The van der Waals surface area contributed by atoms with Gasteiger partial charge in [-0.2, -0.15) is 0 Å². The largest absolute Gasteiger partial charge is 0.378 e. The number of halogens is 2. The molecule has 0 amide bonds. The number of nitrogens with one attached hydrogen (secondary N) is 1. The fraction of sp³-hybridized carbons (Fsp3) is 0.125. The number of hydrogen-bond donors (Lipinski definition) is 1. The average Bonchev–Trinajstić information content (AvgIpc) is 2.85. The molecular formula is C16H13ClFNS. The van der Waals surface area contributed by atoms with Crippen molar-refractivity contribution in [1.29, 1.82) is 0 Å². The lowest BCUT2D eigenvalue weighted by Crippen LogP contribution is -2.07. The van der Waals surface area contributed by atoms with Gasteiger partial charge in [0.2, 0.25) is 0 Å². The molecular weight excluding hydrogens is 293 g/mol. The molecule has 20 heavy (non-hydrogen) atoms. The molecule has 1 N–H and O–H groups in total. The average molecular weight is 306 g/mol. The molecule has 1 nitrogen and oxygen atoms in total. The highest BCUT2D eigenvalue weighted by Gasteiger charge is 2.10. The van der Waals surface area contributed by atoms with Crippen molar-refractivity contribution in [3.63, 3.8) is 0 Å². The van der Waals surface area contributed by atoms with Crippen LogP contribution >= 0.6 is 22.9 Å². The zero-order valence-corrected chi connectivity index (χ0v) is 12.4. The number of rotatable bonds is 3. The first-order chi connectivity index (χ1) is 9.63. The second kappa shape index (κ2) is 5.43. The summed E-state index contributed by atoms with van der Waals surface area (Å²) in [5.74, 6) is -0.314. The quantitative estimate of drug-likeness (QED) is 0.638.